The Morgan fingerprint density at radius 2 is 0.725 bits per heavy atom. The Morgan fingerprint density at radius 3 is 1.14 bits per heavy atom. The molecule has 3 heterocycles. The standard InChI is InChI=1S/C72H133NO18/c1-3-5-7-9-11-12-13-14-15-16-17-18-19-20-21-22-23-24-25-26-27-28-29-30-31-32-33-34-35-36-37-38-39-40-41-42-44-46-48-50-60(78)73-55(56(77)49-47-45-43-10-8-6-4-2)54-86-70-66(84)63(81)68(58(52-75)88-70)91-72-67(85)64(82)69(59(53-76)89-72)90-71-65(83)62(80)61(79)57(51-74)87-71/h8,10,16-17,47,49,55-59,61-72,74-77,79-85H,3-7,9,11-15,18-46,48,50-54H2,1-2H3,(H,73,78)/b10-8+,17-16-,49-47+. The second-order valence-electron chi connectivity index (χ2n) is 26.4. The summed E-state index contributed by atoms with van der Waals surface area (Å²) < 4.78 is 34.2. The smallest absolute Gasteiger partial charge is 0.220 e. The third-order valence-electron chi connectivity index (χ3n) is 18.4. The van der Waals surface area contributed by atoms with Crippen molar-refractivity contribution in [1.82, 2.24) is 5.32 Å². The number of carbonyl (C=O) groups is 1. The number of aliphatic hydroxyl groups is 11. The Hall–Kier alpha value is -1.99. The summed E-state index contributed by atoms with van der Waals surface area (Å²) in [5, 5.41) is 120. The topological polar surface area (TPSA) is 307 Å². The summed E-state index contributed by atoms with van der Waals surface area (Å²) >= 11 is 0. The van der Waals surface area contributed by atoms with Crippen LogP contribution in [0.15, 0.2) is 36.5 Å². The van der Waals surface area contributed by atoms with Gasteiger partial charge >= 0.3 is 0 Å². The summed E-state index contributed by atoms with van der Waals surface area (Å²) in [6.07, 6.45) is 38.1. The third-order valence-corrected chi connectivity index (χ3v) is 18.4. The lowest BCUT2D eigenvalue weighted by molar-refractivity contribution is -0.379. The van der Waals surface area contributed by atoms with Gasteiger partial charge in [-0.05, 0) is 51.4 Å². The van der Waals surface area contributed by atoms with Crippen molar-refractivity contribution in [3.05, 3.63) is 36.5 Å². The molecule has 0 aromatic carbocycles. The van der Waals surface area contributed by atoms with E-state index < -0.39 is 124 Å². The molecule has 0 saturated carbocycles. The zero-order valence-corrected chi connectivity index (χ0v) is 56.6. The summed E-state index contributed by atoms with van der Waals surface area (Å²) in [6.45, 7) is 1.60. The largest absolute Gasteiger partial charge is 0.394 e. The quantitative estimate of drug-likeness (QED) is 0.0199. The summed E-state index contributed by atoms with van der Waals surface area (Å²) in [6, 6.07) is -0.985. The van der Waals surface area contributed by atoms with Crippen LogP contribution < -0.4 is 5.32 Å². The summed E-state index contributed by atoms with van der Waals surface area (Å²) in [5.74, 6) is -0.286. The van der Waals surface area contributed by atoms with Crippen LogP contribution in [0.5, 0.6) is 0 Å². The molecular weight excluding hydrogens is 1170 g/mol. The monoisotopic (exact) mass is 1300 g/mol. The van der Waals surface area contributed by atoms with Gasteiger partial charge in [0, 0.05) is 6.42 Å². The van der Waals surface area contributed by atoms with Gasteiger partial charge in [0.05, 0.1) is 38.6 Å². The lowest BCUT2D eigenvalue weighted by Gasteiger charge is -2.48. The van der Waals surface area contributed by atoms with Crippen molar-refractivity contribution in [3.8, 4) is 0 Å². The molecule has 3 aliphatic heterocycles. The molecule has 3 fully saturated rings. The summed E-state index contributed by atoms with van der Waals surface area (Å²) in [5.41, 5.74) is 0. The van der Waals surface area contributed by atoms with Crippen LogP contribution >= 0.6 is 0 Å². The van der Waals surface area contributed by atoms with E-state index in [1.165, 1.54) is 212 Å². The number of allylic oxidation sites excluding steroid dienone is 5. The van der Waals surface area contributed by atoms with Gasteiger partial charge in [0.2, 0.25) is 5.91 Å². The van der Waals surface area contributed by atoms with Crippen LogP contribution in [0.3, 0.4) is 0 Å². The second-order valence-corrected chi connectivity index (χ2v) is 26.4. The number of nitrogens with one attached hydrogen (secondary N) is 1. The number of aliphatic hydroxyl groups excluding tert-OH is 11. The van der Waals surface area contributed by atoms with Gasteiger partial charge in [-0.3, -0.25) is 4.79 Å². The Kier molecular flexibility index (Phi) is 49.5. The molecule has 12 N–H and O–H groups in total. The number of hydrogen-bond donors (Lipinski definition) is 12. The maximum Gasteiger partial charge on any atom is 0.220 e. The van der Waals surface area contributed by atoms with Crippen LogP contribution in [0.2, 0.25) is 0 Å². The molecule has 1 amide bonds. The van der Waals surface area contributed by atoms with E-state index >= 15 is 0 Å². The fraction of sp³-hybridized carbons (Fsp3) is 0.903. The van der Waals surface area contributed by atoms with E-state index in [9.17, 15) is 61.0 Å². The van der Waals surface area contributed by atoms with E-state index in [4.69, 9.17) is 28.4 Å². The molecule has 0 bridgehead atoms. The predicted molar refractivity (Wildman–Crippen MR) is 356 cm³/mol. The van der Waals surface area contributed by atoms with Crippen LogP contribution in [0.4, 0.5) is 0 Å². The molecule has 0 spiro atoms. The highest BCUT2D eigenvalue weighted by molar-refractivity contribution is 5.76. The molecule has 0 aromatic rings. The highest BCUT2D eigenvalue weighted by atomic mass is 16.8. The van der Waals surface area contributed by atoms with Gasteiger partial charge in [0.15, 0.2) is 18.9 Å². The van der Waals surface area contributed by atoms with Crippen molar-refractivity contribution in [1.29, 1.82) is 0 Å². The van der Waals surface area contributed by atoms with Gasteiger partial charge in [-0.15, -0.1) is 0 Å². The zero-order valence-electron chi connectivity index (χ0n) is 56.6. The van der Waals surface area contributed by atoms with E-state index in [-0.39, 0.29) is 18.9 Å². The van der Waals surface area contributed by atoms with Crippen molar-refractivity contribution < 1.29 is 89.4 Å². The summed E-state index contributed by atoms with van der Waals surface area (Å²) in [4.78, 5) is 13.3. The van der Waals surface area contributed by atoms with E-state index in [0.717, 1.165) is 38.5 Å². The van der Waals surface area contributed by atoms with Gasteiger partial charge in [0.25, 0.3) is 0 Å². The SMILES string of the molecule is CCC/C=C/CC/C=C/C(O)C(COC1OC(CO)C(OC2OC(CO)C(OC3OC(CO)C(O)C(O)C3O)C(O)C2O)C(O)C1O)NC(=O)CCCCCCCCCCCCCCCCCCCCCCCCCCCCC/C=C\CCCCCCCCCC. The molecule has 3 saturated heterocycles. The van der Waals surface area contributed by atoms with Crippen molar-refractivity contribution in [2.45, 2.75) is 388 Å². The van der Waals surface area contributed by atoms with E-state index in [0.29, 0.717) is 12.8 Å². The maximum absolute atomic E-state index is 13.3. The number of carbonyl (C=O) groups excluding carboxylic acids is 1. The molecule has 3 rings (SSSR count). The van der Waals surface area contributed by atoms with Crippen molar-refractivity contribution in [2.75, 3.05) is 26.4 Å². The van der Waals surface area contributed by atoms with Crippen LogP contribution in [-0.4, -0.2) is 193 Å². The first-order valence-corrected chi connectivity index (χ1v) is 36.7. The number of hydrogen-bond acceptors (Lipinski definition) is 18. The Bertz CT molecular complexity index is 1790. The Balaban J connectivity index is 1.23. The first kappa shape index (κ1) is 83.2. The van der Waals surface area contributed by atoms with Crippen molar-refractivity contribution in [3.63, 3.8) is 0 Å². The zero-order chi connectivity index (χ0) is 66.1. The second kappa shape index (κ2) is 54.1. The van der Waals surface area contributed by atoms with Crippen LogP contribution in [0.1, 0.15) is 284 Å². The van der Waals surface area contributed by atoms with Crippen LogP contribution in [-0.2, 0) is 33.2 Å². The highest BCUT2D eigenvalue weighted by Gasteiger charge is 2.53. The molecule has 91 heavy (non-hydrogen) atoms. The molecule has 0 aliphatic carbocycles. The molecule has 19 nitrogen and oxygen atoms in total. The molecule has 19 heteroatoms. The fourth-order valence-corrected chi connectivity index (χ4v) is 12.4. The third kappa shape index (κ3) is 35.7. The minimum Gasteiger partial charge on any atom is -0.394 e. The molecule has 534 valence electrons. The van der Waals surface area contributed by atoms with Gasteiger partial charge in [-0.2, -0.15) is 0 Å². The Morgan fingerprint density at radius 1 is 0.385 bits per heavy atom. The van der Waals surface area contributed by atoms with E-state index in [2.05, 4.69) is 43.5 Å². The molecule has 17 unspecified atom stereocenters. The fourth-order valence-electron chi connectivity index (χ4n) is 12.4. The first-order chi connectivity index (χ1) is 44.3. The average molecular weight is 1300 g/mol. The number of rotatable bonds is 57. The van der Waals surface area contributed by atoms with Crippen LogP contribution in [0, 0.1) is 0 Å². The number of ether oxygens (including phenoxy) is 6. The molecule has 3 aliphatic rings. The minimum absolute atomic E-state index is 0.238. The van der Waals surface area contributed by atoms with Crippen LogP contribution in [0.25, 0.3) is 0 Å². The first-order valence-electron chi connectivity index (χ1n) is 36.7. The minimum atomic E-state index is -1.98. The van der Waals surface area contributed by atoms with Gasteiger partial charge in [-0.1, -0.05) is 262 Å². The lowest BCUT2D eigenvalue weighted by atomic mass is 9.96. The lowest BCUT2D eigenvalue weighted by Crippen LogP contribution is -2.66. The summed E-state index contributed by atoms with van der Waals surface area (Å²) in [7, 11) is 0. The Labute approximate surface area is 549 Å². The van der Waals surface area contributed by atoms with Gasteiger partial charge in [-0.25, -0.2) is 0 Å². The van der Waals surface area contributed by atoms with Gasteiger partial charge in [0.1, 0.15) is 73.2 Å². The normalized spacial score (nSPS) is 28.0. The number of amides is 1. The molecular formula is C72H133NO18. The van der Waals surface area contributed by atoms with Crippen molar-refractivity contribution in [2.24, 2.45) is 0 Å². The number of unbranched alkanes of at least 4 members (excludes halogenated alkanes) is 37. The average Bonchev–Trinajstić information content (AvgIpc) is 1.04. The predicted octanol–water partition coefficient (Wildman–Crippen LogP) is 10.4. The van der Waals surface area contributed by atoms with Crippen molar-refractivity contribution >= 4 is 5.91 Å². The molecule has 17 atom stereocenters. The highest BCUT2D eigenvalue weighted by Crippen LogP contribution is 2.33. The molecule has 0 radical (unpaired) electrons. The maximum atomic E-state index is 13.3. The van der Waals surface area contributed by atoms with E-state index in [1.807, 2.05) is 6.08 Å². The van der Waals surface area contributed by atoms with Gasteiger partial charge < -0.3 is 89.9 Å². The molecule has 0 aromatic heterocycles. The van der Waals surface area contributed by atoms with E-state index in [1.54, 1.807) is 6.08 Å².